The maximum Gasteiger partial charge on any atom is 0.224 e. The van der Waals surface area contributed by atoms with Crippen LogP contribution in [0.15, 0.2) is 0 Å². The Balaban J connectivity index is 2.08. The average Bonchev–Trinajstić information content (AvgIpc) is 2.34. The molecule has 2 aliphatic heterocycles. The van der Waals surface area contributed by atoms with Gasteiger partial charge >= 0.3 is 0 Å². The van der Waals surface area contributed by atoms with Crippen molar-refractivity contribution in [3.8, 4) is 0 Å². The average molecular weight is 140 g/mol. The topological polar surface area (TPSA) is 41.1 Å². The highest BCUT2D eigenvalue weighted by Gasteiger charge is 2.35. The molecule has 0 unspecified atom stereocenters. The smallest absolute Gasteiger partial charge is 0.224 e. The maximum absolute atomic E-state index is 11.1. The van der Waals surface area contributed by atoms with Crippen molar-refractivity contribution in [1.29, 1.82) is 0 Å². The first-order valence-corrected chi connectivity index (χ1v) is 3.89. The third kappa shape index (κ3) is 0.814. The van der Waals surface area contributed by atoms with Crippen molar-refractivity contribution >= 4 is 5.91 Å². The van der Waals surface area contributed by atoms with Gasteiger partial charge in [-0.05, 0) is 19.4 Å². The van der Waals surface area contributed by atoms with Crippen molar-refractivity contribution in [3.63, 3.8) is 0 Å². The van der Waals surface area contributed by atoms with Crippen LogP contribution in [0.4, 0.5) is 0 Å². The van der Waals surface area contributed by atoms with Crippen molar-refractivity contribution in [1.82, 2.24) is 10.6 Å². The zero-order valence-corrected chi connectivity index (χ0v) is 5.89. The van der Waals surface area contributed by atoms with E-state index in [0.29, 0.717) is 6.04 Å². The zero-order chi connectivity index (χ0) is 6.97. The minimum atomic E-state index is 0.247. The van der Waals surface area contributed by atoms with Gasteiger partial charge in [0.1, 0.15) is 0 Å². The van der Waals surface area contributed by atoms with Gasteiger partial charge in [0, 0.05) is 12.6 Å². The number of rotatable bonds is 0. The normalized spacial score (nSPS) is 39.0. The molecular formula is C7H12N2O. The van der Waals surface area contributed by atoms with Crippen molar-refractivity contribution in [3.05, 3.63) is 0 Å². The maximum atomic E-state index is 11.1. The lowest BCUT2D eigenvalue weighted by Gasteiger charge is -2.23. The first kappa shape index (κ1) is 6.16. The summed E-state index contributed by atoms with van der Waals surface area (Å²) in [5, 5.41) is 6.19. The Kier molecular flexibility index (Phi) is 1.38. The van der Waals surface area contributed by atoms with Gasteiger partial charge in [-0.1, -0.05) is 0 Å². The van der Waals surface area contributed by atoms with Gasteiger partial charge in [0.15, 0.2) is 0 Å². The first-order chi connectivity index (χ1) is 4.88. The molecule has 3 heteroatoms. The fraction of sp³-hybridized carbons (Fsp3) is 0.857. The van der Waals surface area contributed by atoms with E-state index in [0.717, 1.165) is 25.9 Å². The molecule has 2 rings (SSSR count). The second-order valence-corrected chi connectivity index (χ2v) is 3.05. The lowest BCUT2D eigenvalue weighted by Crippen LogP contribution is -2.41. The van der Waals surface area contributed by atoms with Gasteiger partial charge in [0.25, 0.3) is 0 Å². The number of nitrogens with one attached hydrogen (secondary N) is 2. The Morgan fingerprint density at radius 1 is 1.50 bits per heavy atom. The number of hydrogen-bond acceptors (Lipinski definition) is 2. The van der Waals surface area contributed by atoms with Gasteiger partial charge < -0.3 is 10.6 Å². The van der Waals surface area contributed by atoms with Gasteiger partial charge in [-0.3, -0.25) is 4.79 Å². The molecule has 0 radical (unpaired) electrons. The standard InChI is InChI=1S/C7H12N2O/c10-7-5-2-1-3-8-6(5)4-9-7/h5-6,8H,1-4H2,(H,9,10)/t5-,6+/m0/s1. The summed E-state index contributed by atoms with van der Waals surface area (Å²) in [5.41, 5.74) is 0. The molecule has 0 saturated carbocycles. The number of fused-ring (bicyclic) bond motifs is 1. The molecule has 0 aliphatic carbocycles. The van der Waals surface area contributed by atoms with Crippen LogP contribution in [0.3, 0.4) is 0 Å². The van der Waals surface area contributed by atoms with E-state index in [1.54, 1.807) is 0 Å². The Hall–Kier alpha value is -0.570. The quantitative estimate of drug-likeness (QED) is 0.475. The molecule has 0 aromatic carbocycles. The third-order valence-electron chi connectivity index (χ3n) is 2.42. The summed E-state index contributed by atoms with van der Waals surface area (Å²) in [7, 11) is 0. The van der Waals surface area contributed by atoms with E-state index in [-0.39, 0.29) is 11.8 Å². The summed E-state index contributed by atoms with van der Waals surface area (Å²) in [4.78, 5) is 11.1. The van der Waals surface area contributed by atoms with E-state index >= 15 is 0 Å². The predicted octanol–water partition coefficient (Wildman–Crippen LogP) is -0.516. The Labute approximate surface area is 60.2 Å². The Bertz CT molecular complexity index is 158. The molecule has 2 N–H and O–H groups in total. The molecule has 2 saturated heterocycles. The van der Waals surface area contributed by atoms with Gasteiger partial charge in [-0.15, -0.1) is 0 Å². The van der Waals surface area contributed by atoms with Crippen LogP contribution in [0.5, 0.6) is 0 Å². The van der Waals surface area contributed by atoms with E-state index in [2.05, 4.69) is 10.6 Å². The highest BCUT2D eigenvalue weighted by atomic mass is 16.2. The largest absolute Gasteiger partial charge is 0.354 e. The third-order valence-corrected chi connectivity index (χ3v) is 2.42. The molecule has 0 aromatic rings. The van der Waals surface area contributed by atoms with Gasteiger partial charge in [-0.25, -0.2) is 0 Å². The van der Waals surface area contributed by atoms with Crippen LogP contribution in [0.25, 0.3) is 0 Å². The molecule has 2 aliphatic rings. The van der Waals surface area contributed by atoms with Gasteiger partial charge in [-0.2, -0.15) is 0 Å². The number of carbonyl (C=O) groups excluding carboxylic acids is 1. The fourth-order valence-corrected chi connectivity index (χ4v) is 1.82. The molecule has 3 nitrogen and oxygen atoms in total. The van der Waals surface area contributed by atoms with Crippen molar-refractivity contribution < 1.29 is 4.79 Å². The molecule has 0 aromatic heterocycles. The SMILES string of the molecule is O=C1NC[C@H]2NCCC[C@H]12. The van der Waals surface area contributed by atoms with Crippen LogP contribution in [0.1, 0.15) is 12.8 Å². The molecule has 2 atom stereocenters. The molecule has 2 heterocycles. The molecule has 0 spiro atoms. The van der Waals surface area contributed by atoms with E-state index in [1.165, 1.54) is 0 Å². The zero-order valence-electron chi connectivity index (χ0n) is 5.89. The van der Waals surface area contributed by atoms with Crippen molar-refractivity contribution in [2.75, 3.05) is 13.1 Å². The lowest BCUT2D eigenvalue weighted by molar-refractivity contribution is -0.123. The molecule has 1 amide bonds. The van der Waals surface area contributed by atoms with Crippen LogP contribution in [0, 0.1) is 5.92 Å². The Morgan fingerprint density at radius 3 is 3.20 bits per heavy atom. The van der Waals surface area contributed by atoms with E-state index in [4.69, 9.17) is 0 Å². The molecule has 0 bridgehead atoms. The van der Waals surface area contributed by atoms with Crippen LogP contribution >= 0.6 is 0 Å². The van der Waals surface area contributed by atoms with Crippen LogP contribution in [0.2, 0.25) is 0 Å². The summed E-state index contributed by atoms with van der Waals surface area (Å²) in [6, 6.07) is 0.432. The predicted molar refractivity (Wildman–Crippen MR) is 37.5 cm³/mol. The summed E-state index contributed by atoms with van der Waals surface area (Å²) in [6.07, 6.45) is 2.22. The van der Waals surface area contributed by atoms with Crippen molar-refractivity contribution in [2.24, 2.45) is 5.92 Å². The van der Waals surface area contributed by atoms with Gasteiger partial charge in [0.05, 0.1) is 5.92 Å². The minimum Gasteiger partial charge on any atom is -0.354 e. The van der Waals surface area contributed by atoms with Gasteiger partial charge in [0.2, 0.25) is 5.91 Å². The summed E-state index contributed by atoms with van der Waals surface area (Å²) >= 11 is 0. The van der Waals surface area contributed by atoms with Crippen LogP contribution in [-0.4, -0.2) is 25.0 Å². The monoisotopic (exact) mass is 140 g/mol. The number of amides is 1. The minimum absolute atomic E-state index is 0.247. The second kappa shape index (κ2) is 2.23. The molecule has 2 fully saturated rings. The highest BCUT2D eigenvalue weighted by Crippen LogP contribution is 2.19. The van der Waals surface area contributed by atoms with Crippen LogP contribution in [-0.2, 0) is 4.79 Å². The van der Waals surface area contributed by atoms with E-state index in [9.17, 15) is 4.79 Å². The first-order valence-electron chi connectivity index (χ1n) is 3.89. The summed E-state index contributed by atoms with van der Waals surface area (Å²) in [5.74, 6) is 0.519. The summed E-state index contributed by atoms with van der Waals surface area (Å²) in [6.45, 7) is 1.92. The summed E-state index contributed by atoms with van der Waals surface area (Å²) < 4.78 is 0. The molecule has 10 heavy (non-hydrogen) atoms. The molecular weight excluding hydrogens is 128 g/mol. The fourth-order valence-electron chi connectivity index (χ4n) is 1.82. The number of carbonyl (C=O) groups is 1. The Morgan fingerprint density at radius 2 is 2.40 bits per heavy atom. The molecule has 56 valence electrons. The lowest BCUT2D eigenvalue weighted by atomic mass is 9.94. The highest BCUT2D eigenvalue weighted by molar-refractivity contribution is 5.81. The number of hydrogen-bond donors (Lipinski definition) is 2. The number of piperidine rings is 1. The van der Waals surface area contributed by atoms with E-state index in [1.807, 2.05) is 0 Å². The van der Waals surface area contributed by atoms with Crippen LogP contribution < -0.4 is 10.6 Å². The van der Waals surface area contributed by atoms with E-state index < -0.39 is 0 Å². The van der Waals surface area contributed by atoms with Crippen molar-refractivity contribution in [2.45, 2.75) is 18.9 Å². The second-order valence-electron chi connectivity index (χ2n) is 3.05.